The lowest BCUT2D eigenvalue weighted by Crippen LogP contribution is -2.49. The van der Waals surface area contributed by atoms with Gasteiger partial charge in [0.25, 0.3) is 0 Å². The largest absolute Gasteiger partial charge is 0.417 e. The van der Waals surface area contributed by atoms with Crippen LogP contribution in [0.3, 0.4) is 0 Å². The van der Waals surface area contributed by atoms with Gasteiger partial charge in [0.05, 0.1) is 10.5 Å². The highest BCUT2D eigenvalue weighted by molar-refractivity contribution is 7.89. The smallest absolute Gasteiger partial charge is 0.355 e. The summed E-state index contributed by atoms with van der Waals surface area (Å²) in [7, 11) is -4.26. The number of nitrogens with zero attached hydrogens (tertiary/aromatic N) is 5. The van der Waals surface area contributed by atoms with Crippen LogP contribution in [-0.4, -0.2) is 62.2 Å². The van der Waals surface area contributed by atoms with Gasteiger partial charge >= 0.3 is 6.18 Å². The quantitative estimate of drug-likeness (QED) is 0.706. The molecule has 0 aliphatic carbocycles. The molecule has 2 saturated heterocycles. The minimum Gasteiger partial charge on any atom is -0.355 e. The predicted octanol–water partition coefficient (Wildman–Crippen LogP) is 3.00. The molecular formula is C20H24F3N5O2S. The Labute approximate surface area is 179 Å². The number of benzene rings is 1. The van der Waals surface area contributed by atoms with E-state index in [9.17, 15) is 21.6 Å². The van der Waals surface area contributed by atoms with Crippen LogP contribution in [-0.2, 0) is 16.2 Å². The number of piperazine rings is 1. The first-order chi connectivity index (χ1) is 14.8. The van der Waals surface area contributed by atoms with E-state index >= 15 is 0 Å². The number of aromatic nitrogens is 2. The fourth-order valence-electron chi connectivity index (χ4n) is 4.00. The first-order valence-electron chi connectivity index (χ1n) is 10.3. The van der Waals surface area contributed by atoms with Gasteiger partial charge in [0.2, 0.25) is 10.0 Å². The first-order valence-corrected chi connectivity index (χ1v) is 11.7. The van der Waals surface area contributed by atoms with E-state index in [1.807, 2.05) is 17.0 Å². The number of anilines is 2. The highest BCUT2D eigenvalue weighted by atomic mass is 32.2. The molecule has 7 nitrogen and oxygen atoms in total. The van der Waals surface area contributed by atoms with Crippen molar-refractivity contribution in [2.75, 3.05) is 49.1 Å². The van der Waals surface area contributed by atoms with Crippen molar-refractivity contribution < 1.29 is 21.6 Å². The molecule has 1 aromatic carbocycles. The predicted molar refractivity (Wildman–Crippen MR) is 111 cm³/mol. The third-order valence-corrected chi connectivity index (χ3v) is 7.65. The molecule has 2 aliphatic heterocycles. The Morgan fingerprint density at radius 1 is 0.742 bits per heavy atom. The van der Waals surface area contributed by atoms with E-state index in [2.05, 4.69) is 15.1 Å². The van der Waals surface area contributed by atoms with Gasteiger partial charge in [-0.1, -0.05) is 12.1 Å². The third-order valence-electron chi connectivity index (χ3n) is 5.69. The molecule has 31 heavy (non-hydrogen) atoms. The first kappa shape index (κ1) is 21.8. The van der Waals surface area contributed by atoms with Gasteiger partial charge in [0.15, 0.2) is 11.6 Å². The lowest BCUT2D eigenvalue weighted by atomic mass is 10.1. The highest BCUT2D eigenvalue weighted by Crippen LogP contribution is 2.35. The zero-order valence-electron chi connectivity index (χ0n) is 16.9. The summed E-state index contributed by atoms with van der Waals surface area (Å²) >= 11 is 0. The number of hydrogen-bond donors (Lipinski definition) is 0. The summed E-state index contributed by atoms with van der Waals surface area (Å²) in [6.07, 6.45) is -1.24. The summed E-state index contributed by atoms with van der Waals surface area (Å²) < 4.78 is 66.7. The summed E-state index contributed by atoms with van der Waals surface area (Å²) in [6.45, 7) is 2.72. The van der Waals surface area contributed by atoms with Gasteiger partial charge in [-0.2, -0.15) is 17.5 Å². The Bertz CT molecular complexity index is 1000. The number of piperidine rings is 1. The van der Waals surface area contributed by atoms with Crippen LogP contribution in [0.1, 0.15) is 24.8 Å². The molecule has 0 bridgehead atoms. The SMILES string of the molecule is O=S(=O)(c1ccccc1C(F)(F)F)N1CCN(c2ccc(N3CCCCC3)nn2)CC1. The number of alkyl halides is 3. The molecule has 2 aliphatic rings. The second-order valence-corrected chi connectivity index (χ2v) is 9.59. The van der Waals surface area contributed by atoms with Crippen LogP contribution in [0.5, 0.6) is 0 Å². The fourth-order valence-corrected chi connectivity index (χ4v) is 5.64. The molecule has 168 valence electrons. The topological polar surface area (TPSA) is 69.6 Å². The summed E-state index contributed by atoms with van der Waals surface area (Å²) in [5.41, 5.74) is -1.14. The van der Waals surface area contributed by atoms with Gasteiger partial charge in [0, 0.05) is 39.3 Å². The van der Waals surface area contributed by atoms with E-state index in [4.69, 9.17) is 0 Å². The lowest BCUT2D eigenvalue weighted by molar-refractivity contribution is -0.139. The van der Waals surface area contributed by atoms with Crippen molar-refractivity contribution in [2.45, 2.75) is 30.3 Å². The second-order valence-electron chi connectivity index (χ2n) is 7.68. The molecule has 0 spiro atoms. The van der Waals surface area contributed by atoms with Crippen LogP contribution in [0, 0.1) is 0 Å². The normalized spacial score (nSPS) is 18.9. The van der Waals surface area contributed by atoms with Crippen molar-refractivity contribution in [1.82, 2.24) is 14.5 Å². The Morgan fingerprint density at radius 3 is 1.84 bits per heavy atom. The Hall–Kier alpha value is -2.40. The van der Waals surface area contributed by atoms with Gasteiger partial charge < -0.3 is 9.80 Å². The standard InChI is InChI=1S/C20H24F3N5O2S/c21-20(22,23)16-6-2-3-7-17(16)31(29,30)28-14-12-27(13-15-28)19-9-8-18(24-25-19)26-10-4-1-5-11-26/h2-3,6-9H,1,4-5,10-15H2. The van der Waals surface area contributed by atoms with Gasteiger partial charge in [0.1, 0.15) is 0 Å². The van der Waals surface area contributed by atoms with E-state index in [-0.39, 0.29) is 13.1 Å². The molecule has 2 aromatic rings. The Kier molecular flexibility index (Phi) is 6.07. The minimum absolute atomic E-state index is 0.0735. The van der Waals surface area contributed by atoms with Crippen molar-refractivity contribution in [3.05, 3.63) is 42.0 Å². The number of hydrogen-bond acceptors (Lipinski definition) is 6. The molecule has 0 atom stereocenters. The number of rotatable bonds is 4. The maximum atomic E-state index is 13.3. The molecule has 4 rings (SSSR count). The van der Waals surface area contributed by atoms with E-state index in [0.717, 1.165) is 48.2 Å². The van der Waals surface area contributed by atoms with Gasteiger partial charge in [-0.05, 0) is 43.5 Å². The van der Waals surface area contributed by atoms with Crippen molar-refractivity contribution >= 4 is 21.7 Å². The summed E-state index contributed by atoms with van der Waals surface area (Å²) in [4.78, 5) is 3.39. The second kappa shape index (κ2) is 8.62. The van der Waals surface area contributed by atoms with Crippen molar-refractivity contribution in [3.8, 4) is 0 Å². The van der Waals surface area contributed by atoms with Crippen LogP contribution in [0.15, 0.2) is 41.3 Å². The molecule has 11 heteroatoms. The molecule has 2 fully saturated rings. The lowest BCUT2D eigenvalue weighted by Gasteiger charge is -2.35. The van der Waals surface area contributed by atoms with Crippen molar-refractivity contribution in [2.24, 2.45) is 0 Å². The molecular weight excluding hydrogens is 431 g/mol. The molecule has 1 aromatic heterocycles. The molecule has 0 saturated carbocycles. The van der Waals surface area contributed by atoms with Gasteiger partial charge in [-0.15, -0.1) is 10.2 Å². The molecule has 3 heterocycles. The van der Waals surface area contributed by atoms with Crippen LogP contribution >= 0.6 is 0 Å². The van der Waals surface area contributed by atoms with Crippen molar-refractivity contribution in [3.63, 3.8) is 0 Å². The summed E-state index contributed by atoms with van der Waals surface area (Å²) in [5, 5.41) is 8.60. The molecule has 0 radical (unpaired) electrons. The van der Waals surface area contributed by atoms with Crippen molar-refractivity contribution in [1.29, 1.82) is 0 Å². The third kappa shape index (κ3) is 4.62. The van der Waals surface area contributed by atoms with Gasteiger partial charge in [-0.3, -0.25) is 0 Å². The molecule has 0 unspecified atom stereocenters. The molecule has 0 amide bonds. The highest BCUT2D eigenvalue weighted by Gasteiger charge is 2.39. The number of sulfonamides is 1. The van der Waals surface area contributed by atoms with E-state index in [1.165, 1.54) is 18.6 Å². The van der Waals surface area contributed by atoms with Crippen LogP contribution in [0.4, 0.5) is 24.8 Å². The Morgan fingerprint density at radius 2 is 1.29 bits per heavy atom. The average Bonchev–Trinajstić information content (AvgIpc) is 2.79. The van der Waals surface area contributed by atoms with Crippen LogP contribution in [0.2, 0.25) is 0 Å². The minimum atomic E-state index is -4.74. The maximum absolute atomic E-state index is 13.3. The molecule has 0 N–H and O–H groups in total. The number of halogens is 3. The maximum Gasteiger partial charge on any atom is 0.417 e. The summed E-state index contributed by atoms with van der Waals surface area (Å²) in [6, 6.07) is 8.07. The zero-order chi connectivity index (χ0) is 22.1. The van der Waals surface area contributed by atoms with Crippen LogP contribution < -0.4 is 9.80 Å². The summed E-state index contributed by atoms with van der Waals surface area (Å²) in [5.74, 6) is 1.46. The van der Waals surface area contributed by atoms with Crippen LogP contribution in [0.25, 0.3) is 0 Å². The van der Waals surface area contributed by atoms with E-state index in [1.54, 1.807) is 0 Å². The fraction of sp³-hybridized carbons (Fsp3) is 0.500. The zero-order valence-corrected chi connectivity index (χ0v) is 17.7. The monoisotopic (exact) mass is 455 g/mol. The van der Waals surface area contributed by atoms with Gasteiger partial charge in [-0.25, -0.2) is 8.42 Å². The average molecular weight is 456 g/mol. The van der Waals surface area contributed by atoms with E-state index < -0.39 is 26.7 Å². The van der Waals surface area contributed by atoms with E-state index in [0.29, 0.717) is 18.9 Å². The Balaban J connectivity index is 1.44.